The van der Waals surface area contributed by atoms with Crippen LogP contribution in [-0.4, -0.2) is 11.0 Å². The summed E-state index contributed by atoms with van der Waals surface area (Å²) in [6.45, 7) is 3.93. The van der Waals surface area contributed by atoms with Crippen LogP contribution in [0.25, 0.3) is 0 Å². The van der Waals surface area contributed by atoms with Crippen LogP contribution in [0.1, 0.15) is 46.0 Å². The molecule has 1 N–H and O–H groups in total. The molecule has 1 atom stereocenters. The number of hydrogen-bond acceptors (Lipinski definition) is 2. The number of pyridine rings is 1. The first-order valence-corrected chi connectivity index (χ1v) is 6.47. The van der Waals surface area contributed by atoms with Gasteiger partial charge in [0.25, 0.3) is 11.9 Å². The molecule has 0 aliphatic carbocycles. The van der Waals surface area contributed by atoms with Gasteiger partial charge in [-0.05, 0) is 12.8 Å². The Morgan fingerprint density at radius 3 is 2.00 bits per heavy atom. The second-order valence-electron chi connectivity index (χ2n) is 4.47. The van der Waals surface area contributed by atoms with Crippen molar-refractivity contribution in [3.8, 4) is 0 Å². The van der Waals surface area contributed by atoms with Gasteiger partial charge < -0.3 is 5.32 Å². The first-order valence-electron chi connectivity index (χ1n) is 6.47. The molecule has 0 saturated carbocycles. The zero-order valence-corrected chi connectivity index (χ0v) is 11.1. The first-order chi connectivity index (χ1) is 9.01. The molecule has 0 bridgehead atoms. The van der Waals surface area contributed by atoms with E-state index < -0.39 is 29.2 Å². The molecule has 6 heteroatoms. The van der Waals surface area contributed by atoms with Gasteiger partial charge in [0.15, 0.2) is 0 Å². The highest BCUT2D eigenvalue weighted by Gasteiger charge is 2.22. The highest BCUT2D eigenvalue weighted by Crippen LogP contribution is 2.24. The second kappa shape index (κ2) is 7.31. The molecular weight excluding hydrogens is 260 g/mol. The Hall–Kier alpha value is -1.33. The van der Waals surface area contributed by atoms with Crippen molar-refractivity contribution in [3.05, 3.63) is 23.5 Å². The summed E-state index contributed by atoms with van der Waals surface area (Å²) in [4.78, 5) is 2.53. The lowest BCUT2D eigenvalue weighted by Crippen LogP contribution is -2.22. The van der Waals surface area contributed by atoms with Crippen LogP contribution in [0, 0.1) is 23.5 Å². The van der Waals surface area contributed by atoms with Crippen LogP contribution in [-0.2, 0) is 0 Å². The van der Waals surface area contributed by atoms with Gasteiger partial charge in [-0.15, -0.1) is 0 Å². The molecule has 0 fully saturated rings. The molecule has 0 saturated heterocycles. The maximum Gasteiger partial charge on any atom is 0.253 e. The molecule has 2 nitrogen and oxygen atoms in total. The van der Waals surface area contributed by atoms with E-state index in [2.05, 4.69) is 10.3 Å². The van der Waals surface area contributed by atoms with Crippen molar-refractivity contribution in [1.82, 2.24) is 4.98 Å². The van der Waals surface area contributed by atoms with Gasteiger partial charge in [0.2, 0.25) is 11.6 Å². The fraction of sp³-hybridized carbons (Fsp3) is 0.615. The molecule has 108 valence electrons. The van der Waals surface area contributed by atoms with E-state index in [9.17, 15) is 17.6 Å². The molecule has 1 aromatic rings. The third-order valence-electron chi connectivity index (χ3n) is 2.89. The Morgan fingerprint density at radius 2 is 1.53 bits per heavy atom. The van der Waals surface area contributed by atoms with Crippen molar-refractivity contribution >= 4 is 5.69 Å². The summed E-state index contributed by atoms with van der Waals surface area (Å²) in [5.41, 5.74) is -0.764. The fourth-order valence-corrected chi connectivity index (χ4v) is 1.91. The van der Waals surface area contributed by atoms with Gasteiger partial charge in [-0.2, -0.15) is 22.5 Å². The van der Waals surface area contributed by atoms with Gasteiger partial charge in [-0.1, -0.05) is 33.1 Å². The summed E-state index contributed by atoms with van der Waals surface area (Å²) in [6.07, 6.45) is 3.97. The highest BCUT2D eigenvalue weighted by atomic mass is 19.2. The van der Waals surface area contributed by atoms with E-state index in [1.807, 2.05) is 13.8 Å². The van der Waals surface area contributed by atoms with Crippen molar-refractivity contribution in [2.45, 2.75) is 52.0 Å². The molecule has 0 spiro atoms. The van der Waals surface area contributed by atoms with Crippen LogP contribution in [0.3, 0.4) is 0 Å². The van der Waals surface area contributed by atoms with Crippen molar-refractivity contribution < 1.29 is 17.6 Å². The predicted molar refractivity (Wildman–Crippen MR) is 65.9 cm³/mol. The number of halogens is 4. The van der Waals surface area contributed by atoms with Crippen molar-refractivity contribution in [2.24, 2.45) is 0 Å². The molecule has 0 radical (unpaired) electrons. The van der Waals surface area contributed by atoms with E-state index >= 15 is 0 Å². The van der Waals surface area contributed by atoms with Crippen LogP contribution < -0.4 is 5.32 Å². The highest BCUT2D eigenvalue weighted by molar-refractivity contribution is 5.46. The maximum absolute atomic E-state index is 13.5. The smallest absolute Gasteiger partial charge is 0.253 e. The summed E-state index contributed by atoms with van der Waals surface area (Å²) in [6, 6.07) is -0.213. The molecule has 0 amide bonds. The topological polar surface area (TPSA) is 24.9 Å². The predicted octanol–water partition coefficient (Wildman–Crippen LogP) is 4.41. The van der Waals surface area contributed by atoms with Crippen LogP contribution >= 0.6 is 0 Å². The largest absolute Gasteiger partial charge is 0.377 e. The minimum atomic E-state index is -1.63. The Balaban J connectivity index is 2.94. The monoisotopic (exact) mass is 278 g/mol. The molecular formula is C13H18F4N2. The Labute approximate surface area is 110 Å². The summed E-state index contributed by atoms with van der Waals surface area (Å²) in [7, 11) is 0. The van der Waals surface area contributed by atoms with E-state index in [-0.39, 0.29) is 6.04 Å². The lowest BCUT2D eigenvalue weighted by molar-refractivity contribution is 0.408. The van der Waals surface area contributed by atoms with Crippen LogP contribution in [0.5, 0.6) is 0 Å². The average Bonchev–Trinajstić information content (AvgIpc) is 2.38. The van der Waals surface area contributed by atoms with Gasteiger partial charge in [0.05, 0.1) is 0 Å². The van der Waals surface area contributed by atoms with E-state index in [1.165, 1.54) is 0 Å². The number of rotatable bonds is 7. The number of hydrogen-bond donors (Lipinski definition) is 1. The standard InChI is InChI=1S/C13H18F4N2/c1-3-5-7-8(6-4-2)18-11-9(14)12(16)19-13(17)10(11)15/h8H,3-7H2,1-2H3,(H,18,19). The zero-order valence-electron chi connectivity index (χ0n) is 11.1. The molecule has 0 aromatic carbocycles. The number of nitrogens with one attached hydrogen (secondary N) is 1. The maximum atomic E-state index is 13.5. The molecule has 1 rings (SSSR count). The minimum Gasteiger partial charge on any atom is -0.377 e. The lowest BCUT2D eigenvalue weighted by atomic mass is 10.0. The van der Waals surface area contributed by atoms with Crippen molar-refractivity contribution in [2.75, 3.05) is 5.32 Å². The Kier molecular flexibility index (Phi) is 6.05. The summed E-state index contributed by atoms with van der Waals surface area (Å²) >= 11 is 0. The van der Waals surface area contributed by atoms with E-state index in [1.54, 1.807) is 0 Å². The SMILES string of the molecule is CCCCC(CCC)Nc1c(F)c(F)nc(F)c1F. The molecule has 0 aliphatic heterocycles. The molecule has 19 heavy (non-hydrogen) atoms. The van der Waals surface area contributed by atoms with Crippen LogP contribution in [0.4, 0.5) is 23.2 Å². The minimum absolute atomic E-state index is 0.213. The second-order valence-corrected chi connectivity index (χ2v) is 4.47. The zero-order chi connectivity index (χ0) is 14.4. The quantitative estimate of drug-likeness (QED) is 0.590. The number of anilines is 1. The van der Waals surface area contributed by atoms with Gasteiger partial charge in [0, 0.05) is 6.04 Å². The summed E-state index contributed by atoms with van der Waals surface area (Å²) in [5.74, 6) is -6.22. The normalized spacial score (nSPS) is 12.5. The fourth-order valence-electron chi connectivity index (χ4n) is 1.91. The summed E-state index contributed by atoms with van der Waals surface area (Å²) < 4.78 is 52.9. The van der Waals surface area contributed by atoms with Gasteiger partial charge >= 0.3 is 0 Å². The number of nitrogens with zero attached hydrogens (tertiary/aromatic N) is 1. The van der Waals surface area contributed by atoms with Gasteiger partial charge in [-0.25, -0.2) is 0 Å². The Bertz CT molecular complexity index is 397. The van der Waals surface area contributed by atoms with Crippen LogP contribution in [0.2, 0.25) is 0 Å². The molecule has 1 unspecified atom stereocenters. The number of unbranched alkanes of at least 4 members (excludes halogenated alkanes) is 1. The lowest BCUT2D eigenvalue weighted by Gasteiger charge is -2.20. The first kappa shape index (κ1) is 15.7. The van der Waals surface area contributed by atoms with Gasteiger partial charge in [-0.3, -0.25) is 0 Å². The molecule has 0 aliphatic rings. The third-order valence-corrected chi connectivity index (χ3v) is 2.89. The average molecular weight is 278 g/mol. The molecule has 1 aromatic heterocycles. The van der Waals surface area contributed by atoms with E-state index in [0.29, 0.717) is 12.8 Å². The van der Waals surface area contributed by atoms with Crippen molar-refractivity contribution in [3.63, 3.8) is 0 Å². The third kappa shape index (κ3) is 4.08. The number of aromatic nitrogens is 1. The van der Waals surface area contributed by atoms with Crippen LogP contribution in [0.15, 0.2) is 0 Å². The van der Waals surface area contributed by atoms with E-state index in [4.69, 9.17) is 0 Å². The molecule has 1 heterocycles. The Morgan fingerprint density at radius 1 is 0.947 bits per heavy atom. The van der Waals surface area contributed by atoms with Crippen molar-refractivity contribution in [1.29, 1.82) is 0 Å². The summed E-state index contributed by atoms with van der Waals surface area (Å²) in [5, 5.41) is 2.56. The van der Waals surface area contributed by atoms with E-state index in [0.717, 1.165) is 19.3 Å². The van der Waals surface area contributed by atoms with Gasteiger partial charge in [0.1, 0.15) is 5.69 Å².